The third kappa shape index (κ3) is 3.98. The highest BCUT2D eigenvalue weighted by molar-refractivity contribution is 5.79. The van der Waals surface area contributed by atoms with Gasteiger partial charge in [0.15, 0.2) is 11.5 Å². The Kier molecular flexibility index (Phi) is 5.50. The molecule has 6 nitrogen and oxygen atoms in total. The Morgan fingerprint density at radius 3 is 2.68 bits per heavy atom. The Bertz CT molecular complexity index is 825. The summed E-state index contributed by atoms with van der Waals surface area (Å²) in [5.41, 5.74) is 2.03. The van der Waals surface area contributed by atoms with Crippen LogP contribution in [0.25, 0.3) is 0 Å². The quantitative estimate of drug-likeness (QED) is 0.795. The SMILES string of the molecule is CN(C)C[C@@H]1OCCN(C(=O)Cc2ccc3c(c2)OCO3)[C@H]1c1ccccc1. The minimum absolute atomic E-state index is 0.0631. The van der Waals surface area contributed by atoms with Crippen molar-refractivity contribution in [2.45, 2.75) is 18.6 Å². The standard InChI is InChI=1S/C22H26N2O4/c1-23(2)14-20-22(17-6-4-3-5-7-17)24(10-11-26-20)21(25)13-16-8-9-18-19(12-16)28-15-27-18/h3-9,12,20,22H,10-11,13-15H2,1-2H3/t20-,22-/m0/s1. The molecular weight excluding hydrogens is 356 g/mol. The fourth-order valence-corrected chi connectivity index (χ4v) is 3.90. The van der Waals surface area contributed by atoms with E-state index >= 15 is 0 Å². The molecule has 0 saturated carbocycles. The van der Waals surface area contributed by atoms with E-state index in [0.29, 0.717) is 25.3 Å². The number of morpholine rings is 1. The number of carbonyl (C=O) groups is 1. The van der Waals surface area contributed by atoms with Crippen molar-refractivity contribution in [3.05, 3.63) is 59.7 Å². The minimum Gasteiger partial charge on any atom is -0.454 e. The van der Waals surface area contributed by atoms with Crippen LogP contribution in [-0.2, 0) is 16.0 Å². The van der Waals surface area contributed by atoms with E-state index in [-0.39, 0.29) is 24.8 Å². The molecule has 0 bridgehead atoms. The second-order valence-corrected chi connectivity index (χ2v) is 7.48. The molecule has 1 fully saturated rings. The number of fused-ring (bicyclic) bond motifs is 1. The Balaban J connectivity index is 1.57. The molecule has 0 radical (unpaired) electrons. The number of ether oxygens (including phenoxy) is 3. The van der Waals surface area contributed by atoms with Crippen molar-refractivity contribution >= 4 is 5.91 Å². The van der Waals surface area contributed by atoms with Gasteiger partial charge >= 0.3 is 0 Å². The van der Waals surface area contributed by atoms with Gasteiger partial charge in [-0.2, -0.15) is 0 Å². The summed E-state index contributed by atoms with van der Waals surface area (Å²) >= 11 is 0. The smallest absolute Gasteiger partial charge is 0.231 e. The summed E-state index contributed by atoms with van der Waals surface area (Å²) in [6.45, 7) is 2.13. The monoisotopic (exact) mass is 382 g/mol. The molecule has 2 aliphatic heterocycles. The van der Waals surface area contributed by atoms with Crippen molar-refractivity contribution in [3.63, 3.8) is 0 Å². The van der Waals surface area contributed by atoms with Crippen molar-refractivity contribution in [1.82, 2.24) is 9.80 Å². The van der Waals surface area contributed by atoms with Gasteiger partial charge in [0.25, 0.3) is 0 Å². The number of rotatable bonds is 5. The van der Waals surface area contributed by atoms with Crippen LogP contribution in [0.3, 0.4) is 0 Å². The third-order valence-electron chi connectivity index (χ3n) is 5.15. The summed E-state index contributed by atoms with van der Waals surface area (Å²) in [6, 6.07) is 15.8. The Hall–Kier alpha value is -2.57. The van der Waals surface area contributed by atoms with Crippen molar-refractivity contribution < 1.29 is 19.0 Å². The lowest BCUT2D eigenvalue weighted by atomic mass is 9.96. The Morgan fingerprint density at radius 1 is 1.11 bits per heavy atom. The van der Waals surface area contributed by atoms with E-state index in [0.717, 1.165) is 23.4 Å². The number of hydrogen-bond acceptors (Lipinski definition) is 5. The van der Waals surface area contributed by atoms with Gasteiger partial charge in [0.05, 0.1) is 25.2 Å². The second-order valence-electron chi connectivity index (χ2n) is 7.48. The zero-order chi connectivity index (χ0) is 19.5. The van der Waals surface area contributed by atoms with Crippen molar-refractivity contribution in [1.29, 1.82) is 0 Å². The lowest BCUT2D eigenvalue weighted by molar-refractivity contribution is -0.147. The first-order valence-corrected chi connectivity index (χ1v) is 9.61. The molecule has 6 heteroatoms. The number of hydrogen-bond donors (Lipinski definition) is 0. The number of likely N-dealkylation sites (N-methyl/N-ethyl adjacent to an activating group) is 1. The molecule has 2 aromatic carbocycles. The van der Waals surface area contributed by atoms with E-state index in [1.165, 1.54) is 0 Å². The van der Waals surface area contributed by atoms with E-state index < -0.39 is 0 Å². The molecule has 0 unspecified atom stereocenters. The van der Waals surface area contributed by atoms with Crippen LogP contribution >= 0.6 is 0 Å². The molecule has 2 aliphatic rings. The van der Waals surface area contributed by atoms with Gasteiger partial charge in [0.1, 0.15) is 0 Å². The highest BCUT2D eigenvalue weighted by Gasteiger charge is 2.36. The van der Waals surface area contributed by atoms with Crippen LogP contribution in [0.5, 0.6) is 11.5 Å². The number of benzene rings is 2. The number of amides is 1. The van der Waals surface area contributed by atoms with Crippen LogP contribution in [0.2, 0.25) is 0 Å². The molecule has 148 valence electrons. The summed E-state index contributed by atoms with van der Waals surface area (Å²) in [7, 11) is 4.05. The fraction of sp³-hybridized carbons (Fsp3) is 0.409. The van der Waals surface area contributed by atoms with Crippen molar-refractivity contribution in [2.75, 3.05) is 40.6 Å². The first kappa shape index (κ1) is 18.8. The van der Waals surface area contributed by atoms with Gasteiger partial charge in [-0.15, -0.1) is 0 Å². The molecular formula is C22H26N2O4. The van der Waals surface area contributed by atoms with Gasteiger partial charge in [-0.1, -0.05) is 36.4 Å². The van der Waals surface area contributed by atoms with Crippen LogP contribution in [0.15, 0.2) is 48.5 Å². The summed E-state index contributed by atoms with van der Waals surface area (Å²) in [5.74, 6) is 1.54. The molecule has 4 rings (SSSR count). The topological polar surface area (TPSA) is 51.2 Å². The van der Waals surface area contributed by atoms with Crippen LogP contribution in [0.4, 0.5) is 0 Å². The van der Waals surface area contributed by atoms with E-state index in [9.17, 15) is 4.79 Å². The second kappa shape index (κ2) is 8.20. The predicted octanol–water partition coefficient (Wildman–Crippen LogP) is 2.49. The minimum atomic E-state index is -0.0983. The fourth-order valence-electron chi connectivity index (χ4n) is 3.90. The van der Waals surface area contributed by atoms with Crippen LogP contribution in [0.1, 0.15) is 17.2 Å². The molecule has 1 saturated heterocycles. The molecule has 0 spiro atoms. The largest absolute Gasteiger partial charge is 0.454 e. The first-order valence-electron chi connectivity index (χ1n) is 9.61. The molecule has 0 aromatic heterocycles. The Morgan fingerprint density at radius 2 is 1.89 bits per heavy atom. The van der Waals surface area contributed by atoms with E-state index in [2.05, 4.69) is 17.0 Å². The molecule has 0 N–H and O–H groups in total. The van der Waals surface area contributed by atoms with E-state index in [1.807, 2.05) is 55.4 Å². The van der Waals surface area contributed by atoms with Crippen LogP contribution < -0.4 is 9.47 Å². The summed E-state index contributed by atoms with van der Waals surface area (Å²) < 4.78 is 16.9. The van der Waals surface area contributed by atoms with Crippen molar-refractivity contribution in [2.24, 2.45) is 0 Å². The maximum atomic E-state index is 13.3. The highest BCUT2D eigenvalue weighted by atomic mass is 16.7. The molecule has 2 heterocycles. The average molecular weight is 382 g/mol. The van der Waals surface area contributed by atoms with Gasteiger partial charge < -0.3 is 24.0 Å². The van der Waals surface area contributed by atoms with E-state index in [1.54, 1.807) is 0 Å². The first-order chi connectivity index (χ1) is 13.6. The molecule has 2 aromatic rings. The lowest BCUT2D eigenvalue weighted by Crippen LogP contribution is -2.51. The summed E-state index contributed by atoms with van der Waals surface area (Å²) in [5, 5.41) is 0. The number of nitrogens with zero attached hydrogens (tertiary/aromatic N) is 2. The van der Waals surface area contributed by atoms with Gasteiger partial charge in [-0.05, 0) is 37.4 Å². The predicted molar refractivity (Wildman–Crippen MR) is 105 cm³/mol. The van der Waals surface area contributed by atoms with Crippen LogP contribution in [-0.4, -0.2) is 62.4 Å². The maximum absolute atomic E-state index is 13.3. The summed E-state index contributed by atoms with van der Waals surface area (Å²) in [6.07, 6.45) is 0.265. The van der Waals surface area contributed by atoms with Crippen LogP contribution in [0, 0.1) is 0 Å². The zero-order valence-electron chi connectivity index (χ0n) is 16.3. The van der Waals surface area contributed by atoms with Crippen molar-refractivity contribution in [3.8, 4) is 11.5 Å². The highest BCUT2D eigenvalue weighted by Crippen LogP contribution is 2.34. The Labute approximate surface area is 165 Å². The third-order valence-corrected chi connectivity index (χ3v) is 5.15. The van der Waals surface area contributed by atoms with Gasteiger partial charge in [0, 0.05) is 13.1 Å². The molecule has 28 heavy (non-hydrogen) atoms. The van der Waals surface area contributed by atoms with Gasteiger partial charge in [-0.3, -0.25) is 4.79 Å². The van der Waals surface area contributed by atoms with E-state index in [4.69, 9.17) is 14.2 Å². The molecule has 2 atom stereocenters. The maximum Gasteiger partial charge on any atom is 0.231 e. The zero-order valence-corrected chi connectivity index (χ0v) is 16.3. The lowest BCUT2D eigenvalue weighted by Gasteiger charge is -2.42. The van der Waals surface area contributed by atoms with Gasteiger partial charge in [-0.25, -0.2) is 0 Å². The molecule has 1 amide bonds. The normalized spacial score (nSPS) is 21.2. The summed E-state index contributed by atoms with van der Waals surface area (Å²) in [4.78, 5) is 17.3. The number of carbonyl (C=O) groups excluding carboxylic acids is 1. The van der Waals surface area contributed by atoms with Gasteiger partial charge in [0.2, 0.25) is 12.7 Å². The molecule has 0 aliphatic carbocycles. The average Bonchev–Trinajstić information content (AvgIpc) is 3.16.